The molecule has 0 aliphatic carbocycles. The first-order valence-electron chi connectivity index (χ1n) is 9.67. The summed E-state index contributed by atoms with van der Waals surface area (Å²) < 4.78 is 5.34. The molecule has 0 aromatic carbocycles. The largest absolute Gasteiger partial charge is 0.387 e. The number of aromatic nitrogens is 1. The van der Waals surface area contributed by atoms with Crippen LogP contribution in [0.25, 0.3) is 0 Å². The van der Waals surface area contributed by atoms with E-state index in [1.54, 1.807) is 0 Å². The second-order valence-corrected chi connectivity index (χ2v) is 7.52. The number of hydrogen-bond donors (Lipinski definition) is 1. The Hall–Kier alpha value is -2.03. The van der Waals surface area contributed by atoms with E-state index >= 15 is 0 Å². The molecule has 0 radical (unpaired) electrons. The van der Waals surface area contributed by atoms with Crippen LogP contribution in [0.4, 0.5) is 0 Å². The lowest BCUT2D eigenvalue weighted by molar-refractivity contribution is -0.115. The van der Waals surface area contributed by atoms with Crippen molar-refractivity contribution in [2.24, 2.45) is 5.16 Å². The Balaban J connectivity index is 1.21. The number of nitrogens with one attached hydrogen (secondary N) is 1. The third-order valence-corrected chi connectivity index (χ3v) is 5.47. The van der Waals surface area contributed by atoms with Gasteiger partial charge in [0.25, 0.3) is 5.91 Å². The molecule has 3 aliphatic heterocycles. The summed E-state index contributed by atoms with van der Waals surface area (Å²) in [6.07, 6.45) is 5.11. The van der Waals surface area contributed by atoms with Gasteiger partial charge in [0.1, 0.15) is 5.71 Å². The quantitative estimate of drug-likeness (QED) is 0.770. The fraction of sp³-hybridized carbons (Fsp3) is 0.632. The summed E-state index contributed by atoms with van der Waals surface area (Å²) in [6.45, 7) is 7.47. The van der Waals surface area contributed by atoms with E-state index in [-0.39, 0.29) is 11.5 Å². The molecule has 146 valence electrons. The summed E-state index contributed by atoms with van der Waals surface area (Å²) in [6, 6.07) is 4.06. The van der Waals surface area contributed by atoms with Gasteiger partial charge in [0.15, 0.2) is 5.60 Å². The first-order valence-corrected chi connectivity index (χ1v) is 9.67. The zero-order valence-corrected chi connectivity index (χ0v) is 15.6. The maximum absolute atomic E-state index is 12.4. The molecule has 1 aromatic heterocycles. The Bertz CT molecular complexity index is 677. The lowest BCUT2D eigenvalue weighted by Gasteiger charge is -2.26. The molecule has 4 rings (SSSR count). The highest BCUT2D eigenvalue weighted by Crippen LogP contribution is 2.34. The minimum absolute atomic E-state index is 0.104. The van der Waals surface area contributed by atoms with Crippen LogP contribution >= 0.6 is 0 Å². The second-order valence-electron chi connectivity index (χ2n) is 7.52. The topological polar surface area (TPSA) is 79.3 Å². The van der Waals surface area contributed by atoms with Crippen LogP contribution in [0.1, 0.15) is 18.4 Å². The standard InChI is InChI=1S/C19H27N5O3/c25-18(21-6-8-23-9-11-26-12-10-23)17-13-19(27-22-17)3-7-24(15-19)14-16-1-4-20-5-2-16/h1-2,4-5H,3,6-15H2,(H,21,25). The fourth-order valence-corrected chi connectivity index (χ4v) is 3.93. The van der Waals surface area contributed by atoms with Gasteiger partial charge in [0.05, 0.1) is 13.2 Å². The second kappa shape index (κ2) is 8.33. The number of carbonyl (C=O) groups excluding carboxylic acids is 1. The predicted molar refractivity (Wildman–Crippen MR) is 100 cm³/mol. The van der Waals surface area contributed by atoms with Crippen molar-refractivity contribution in [3.8, 4) is 0 Å². The van der Waals surface area contributed by atoms with Crippen LogP contribution in [0.3, 0.4) is 0 Å². The lowest BCUT2D eigenvalue weighted by Crippen LogP contribution is -2.43. The van der Waals surface area contributed by atoms with Crippen molar-refractivity contribution in [3.63, 3.8) is 0 Å². The SMILES string of the molecule is O=C(NCCN1CCOCC1)C1=NOC2(CCN(Cc3ccncc3)C2)C1. The summed E-state index contributed by atoms with van der Waals surface area (Å²) >= 11 is 0. The first-order chi connectivity index (χ1) is 13.2. The zero-order chi connectivity index (χ0) is 18.5. The summed E-state index contributed by atoms with van der Waals surface area (Å²) in [5.74, 6) is -0.104. The van der Waals surface area contributed by atoms with Crippen LogP contribution in [-0.4, -0.2) is 84.5 Å². The van der Waals surface area contributed by atoms with Gasteiger partial charge in [0.2, 0.25) is 0 Å². The van der Waals surface area contributed by atoms with Crippen LogP contribution in [0.5, 0.6) is 0 Å². The molecule has 3 aliphatic rings. The zero-order valence-electron chi connectivity index (χ0n) is 15.6. The molecular weight excluding hydrogens is 346 g/mol. The van der Waals surface area contributed by atoms with Crippen LogP contribution in [0.2, 0.25) is 0 Å². The molecule has 8 heteroatoms. The van der Waals surface area contributed by atoms with Crippen molar-refractivity contribution in [1.29, 1.82) is 0 Å². The third-order valence-electron chi connectivity index (χ3n) is 5.47. The van der Waals surface area contributed by atoms with Gasteiger partial charge in [-0.3, -0.25) is 19.6 Å². The molecule has 1 unspecified atom stereocenters. The molecule has 2 fully saturated rings. The normalized spacial score (nSPS) is 26.1. The minimum Gasteiger partial charge on any atom is -0.387 e. The van der Waals surface area contributed by atoms with E-state index in [4.69, 9.17) is 9.57 Å². The maximum Gasteiger partial charge on any atom is 0.269 e. The molecule has 4 heterocycles. The molecule has 8 nitrogen and oxygen atoms in total. The number of likely N-dealkylation sites (tertiary alicyclic amines) is 1. The number of ether oxygens (including phenoxy) is 1. The van der Waals surface area contributed by atoms with Crippen molar-refractivity contribution in [1.82, 2.24) is 20.1 Å². The summed E-state index contributed by atoms with van der Waals surface area (Å²) in [5, 5.41) is 7.09. The Morgan fingerprint density at radius 2 is 2.00 bits per heavy atom. The number of rotatable bonds is 6. The molecule has 0 bridgehead atoms. The molecule has 1 aromatic rings. The number of carbonyl (C=O) groups is 1. The highest BCUT2D eigenvalue weighted by molar-refractivity contribution is 6.39. The van der Waals surface area contributed by atoms with Crippen molar-refractivity contribution < 1.29 is 14.4 Å². The number of pyridine rings is 1. The van der Waals surface area contributed by atoms with Crippen LogP contribution in [-0.2, 0) is 20.9 Å². The van der Waals surface area contributed by atoms with Gasteiger partial charge in [-0.2, -0.15) is 0 Å². The minimum atomic E-state index is -0.343. The van der Waals surface area contributed by atoms with Crippen LogP contribution in [0.15, 0.2) is 29.7 Å². The molecule has 1 atom stereocenters. The Labute approximate surface area is 159 Å². The highest BCUT2D eigenvalue weighted by atomic mass is 16.7. The molecule has 27 heavy (non-hydrogen) atoms. The predicted octanol–water partition coefficient (Wildman–Crippen LogP) is 0.251. The number of morpholine rings is 1. The van der Waals surface area contributed by atoms with Crippen molar-refractivity contribution in [2.75, 3.05) is 52.5 Å². The summed E-state index contributed by atoms with van der Waals surface area (Å²) in [7, 11) is 0. The van der Waals surface area contributed by atoms with E-state index in [0.717, 1.165) is 58.9 Å². The fourth-order valence-electron chi connectivity index (χ4n) is 3.93. The average molecular weight is 373 g/mol. The number of hydrogen-bond acceptors (Lipinski definition) is 7. The Morgan fingerprint density at radius 1 is 1.19 bits per heavy atom. The molecule has 1 amide bonds. The summed E-state index contributed by atoms with van der Waals surface area (Å²) in [4.78, 5) is 26.9. The first kappa shape index (κ1) is 18.3. The van der Waals surface area contributed by atoms with E-state index < -0.39 is 0 Å². The van der Waals surface area contributed by atoms with E-state index in [2.05, 4.69) is 25.3 Å². The van der Waals surface area contributed by atoms with Gasteiger partial charge >= 0.3 is 0 Å². The third kappa shape index (κ3) is 4.63. The van der Waals surface area contributed by atoms with E-state index in [0.29, 0.717) is 18.7 Å². The van der Waals surface area contributed by atoms with E-state index in [9.17, 15) is 4.79 Å². The van der Waals surface area contributed by atoms with Gasteiger partial charge in [-0.15, -0.1) is 0 Å². The number of oxime groups is 1. The number of amides is 1. The van der Waals surface area contributed by atoms with Crippen molar-refractivity contribution >= 4 is 11.6 Å². The summed E-state index contributed by atoms with van der Waals surface area (Å²) in [5.41, 5.74) is 1.41. The van der Waals surface area contributed by atoms with Gasteiger partial charge in [-0.05, 0) is 17.7 Å². The average Bonchev–Trinajstić information content (AvgIpc) is 3.30. The van der Waals surface area contributed by atoms with Gasteiger partial charge < -0.3 is 14.9 Å². The Morgan fingerprint density at radius 3 is 2.81 bits per heavy atom. The van der Waals surface area contributed by atoms with Crippen molar-refractivity contribution in [3.05, 3.63) is 30.1 Å². The molecule has 1 N–H and O–H groups in total. The van der Waals surface area contributed by atoms with Crippen LogP contribution < -0.4 is 5.32 Å². The van der Waals surface area contributed by atoms with E-state index in [1.165, 1.54) is 5.56 Å². The van der Waals surface area contributed by atoms with E-state index in [1.807, 2.05) is 24.5 Å². The molecular formula is C19H27N5O3. The Kier molecular flexibility index (Phi) is 5.66. The molecule has 0 saturated carbocycles. The lowest BCUT2D eigenvalue weighted by atomic mass is 9.96. The molecule has 1 spiro atoms. The van der Waals surface area contributed by atoms with Gasteiger partial charge in [0, 0.05) is 71.0 Å². The van der Waals surface area contributed by atoms with Gasteiger partial charge in [-0.1, -0.05) is 5.16 Å². The van der Waals surface area contributed by atoms with Crippen molar-refractivity contribution in [2.45, 2.75) is 25.0 Å². The highest BCUT2D eigenvalue weighted by Gasteiger charge is 2.46. The van der Waals surface area contributed by atoms with Crippen LogP contribution in [0, 0.1) is 0 Å². The monoisotopic (exact) mass is 373 g/mol. The maximum atomic E-state index is 12.4. The smallest absolute Gasteiger partial charge is 0.269 e. The van der Waals surface area contributed by atoms with Gasteiger partial charge in [-0.25, -0.2) is 0 Å². The number of nitrogens with zero attached hydrogens (tertiary/aromatic N) is 4. The molecule has 2 saturated heterocycles.